The minimum Gasteiger partial charge on any atom is -0.352 e. The van der Waals surface area contributed by atoms with E-state index in [1.54, 1.807) is 0 Å². The van der Waals surface area contributed by atoms with Gasteiger partial charge in [0.2, 0.25) is 5.91 Å². The Morgan fingerprint density at radius 2 is 1.58 bits per heavy atom. The Bertz CT molecular complexity index is 1090. The second-order valence-corrected chi connectivity index (χ2v) is 11.2. The standard InChI is InChI=1S/C29H34F6N2O/c1-18(2)27(14-24(15-27)37-10-9-25(19(3)17-37)21-7-5-4-6-8-21)26(38)36-16-20-11-22(28(30,31)32)13-23(12-20)29(33,34)35/h4-8,11-13,18-19,24-25H,9-10,14-17H2,1-3H3,(H,36,38)/t19-,24?,25?,27?/m1/s1. The van der Waals surface area contributed by atoms with Crippen LogP contribution < -0.4 is 5.32 Å². The van der Waals surface area contributed by atoms with Gasteiger partial charge in [-0.1, -0.05) is 51.1 Å². The number of piperidine rings is 1. The van der Waals surface area contributed by atoms with Gasteiger partial charge in [0.1, 0.15) is 0 Å². The number of amides is 1. The van der Waals surface area contributed by atoms with Crippen molar-refractivity contribution in [1.82, 2.24) is 10.2 Å². The van der Waals surface area contributed by atoms with Crippen molar-refractivity contribution in [2.75, 3.05) is 13.1 Å². The van der Waals surface area contributed by atoms with Gasteiger partial charge in [-0.2, -0.15) is 26.3 Å². The zero-order valence-corrected chi connectivity index (χ0v) is 21.8. The molecule has 1 amide bonds. The van der Waals surface area contributed by atoms with Crippen molar-refractivity contribution >= 4 is 5.91 Å². The van der Waals surface area contributed by atoms with Crippen LogP contribution in [-0.4, -0.2) is 29.9 Å². The van der Waals surface area contributed by atoms with Crippen molar-refractivity contribution in [3.63, 3.8) is 0 Å². The maximum absolute atomic E-state index is 13.3. The van der Waals surface area contributed by atoms with Crippen LogP contribution in [0.25, 0.3) is 0 Å². The van der Waals surface area contributed by atoms with E-state index in [9.17, 15) is 31.1 Å². The van der Waals surface area contributed by atoms with Gasteiger partial charge in [0.05, 0.1) is 16.5 Å². The molecule has 0 radical (unpaired) electrons. The van der Waals surface area contributed by atoms with Crippen LogP contribution in [0.1, 0.15) is 68.2 Å². The van der Waals surface area contributed by atoms with E-state index in [4.69, 9.17) is 0 Å². The van der Waals surface area contributed by atoms with E-state index in [2.05, 4.69) is 41.4 Å². The van der Waals surface area contributed by atoms with Crippen molar-refractivity contribution in [1.29, 1.82) is 0 Å². The maximum Gasteiger partial charge on any atom is 0.416 e. The van der Waals surface area contributed by atoms with Gasteiger partial charge >= 0.3 is 12.4 Å². The molecule has 2 fully saturated rings. The third kappa shape index (κ3) is 5.87. The SMILES string of the molecule is CC(C)C1(C(=O)NCc2cc(C(F)(F)F)cc(C(F)(F)F)c2)CC(N2CCC(c3ccccc3)[C@H](C)C2)C1. The van der Waals surface area contributed by atoms with Crippen LogP contribution in [0.3, 0.4) is 0 Å². The fourth-order valence-electron chi connectivity index (χ4n) is 6.14. The fourth-order valence-corrected chi connectivity index (χ4v) is 6.14. The van der Waals surface area contributed by atoms with E-state index < -0.39 is 35.4 Å². The van der Waals surface area contributed by atoms with Crippen LogP contribution >= 0.6 is 0 Å². The van der Waals surface area contributed by atoms with E-state index in [0.717, 1.165) is 19.5 Å². The number of benzene rings is 2. The van der Waals surface area contributed by atoms with Crippen molar-refractivity contribution in [2.45, 2.75) is 70.9 Å². The second kappa shape index (κ2) is 10.5. The molecule has 3 nitrogen and oxygen atoms in total. The van der Waals surface area contributed by atoms with Crippen LogP contribution in [-0.2, 0) is 23.7 Å². The summed E-state index contributed by atoms with van der Waals surface area (Å²) in [5, 5.41) is 2.65. The smallest absolute Gasteiger partial charge is 0.352 e. The molecule has 0 bridgehead atoms. The number of carbonyl (C=O) groups excluding carboxylic acids is 1. The van der Waals surface area contributed by atoms with Crippen LogP contribution in [0.4, 0.5) is 26.3 Å². The van der Waals surface area contributed by atoms with Crippen LogP contribution in [0.5, 0.6) is 0 Å². The van der Waals surface area contributed by atoms with E-state index in [0.29, 0.717) is 36.8 Å². The molecule has 9 heteroatoms. The van der Waals surface area contributed by atoms with Gasteiger partial charge < -0.3 is 10.2 Å². The normalized spacial score (nSPS) is 26.7. The van der Waals surface area contributed by atoms with Gasteiger partial charge in [-0.05, 0) is 72.9 Å². The molecule has 1 heterocycles. The fraction of sp³-hybridized carbons (Fsp3) is 0.552. The first-order valence-electron chi connectivity index (χ1n) is 13.1. The number of carbonyl (C=O) groups is 1. The Hall–Kier alpha value is -2.55. The number of likely N-dealkylation sites (tertiary alicyclic amines) is 1. The van der Waals surface area contributed by atoms with Crippen molar-refractivity contribution in [3.8, 4) is 0 Å². The summed E-state index contributed by atoms with van der Waals surface area (Å²) in [6, 6.07) is 12.1. The zero-order valence-electron chi connectivity index (χ0n) is 21.8. The summed E-state index contributed by atoms with van der Waals surface area (Å²) in [5.41, 5.74) is -2.35. The predicted molar refractivity (Wildman–Crippen MR) is 133 cm³/mol. The summed E-state index contributed by atoms with van der Waals surface area (Å²) >= 11 is 0. The van der Waals surface area contributed by atoms with E-state index in [-0.39, 0.29) is 29.5 Å². The van der Waals surface area contributed by atoms with Crippen LogP contribution in [0.2, 0.25) is 0 Å². The first kappa shape index (κ1) is 28.5. The topological polar surface area (TPSA) is 32.3 Å². The molecule has 1 unspecified atom stereocenters. The monoisotopic (exact) mass is 540 g/mol. The molecule has 2 aromatic carbocycles. The summed E-state index contributed by atoms with van der Waals surface area (Å²) < 4.78 is 79.2. The zero-order chi connectivity index (χ0) is 27.9. The number of hydrogen-bond acceptors (Lipinski definition) is 2. The van der Waals surface area contributed by atoms with Gasteiger partial charge in [0, 0.05) is 19.1 Å². The molecule has 38 heavy (non-hydrogen) atoms. The molecule has 1 aliphatic carbocycles. The second-order valence-electron chi connectivity index (χ2n) is 11.2. The number of alkyl halides is 6. The quantitative estimate of drug-likeness (QED) is 0.391. The molecule has 1 saturated carbocycles. The summed E-state index contributed by atoms with van der Waals surface area (Å²) in [7, 11) is 0. The lowest BCUT2D eigenvalue weighted by molar-refractivity contribution is -0.147. The molecule has 1 saturated heterocycles. The highest BCUT2D eigenvalue weighted by atomic mass is 19.4. The Kier molecular flexibility index (Phi) is 7.90. The van der Waals surface area contributed by atoms with Crippen molar-refractivity contribution < 1.29 is 31.1 Å². The lowest BCUT2D eigenvalue weighted by Gasteiger charge is -2.55. The van der Waals surface area contributed by atoms with Crippen LogP contribution in [0.15, 0.2) is 48.5 Å². The third-order valence-corrected chi connectivity index (χ3v) is 8.54. The highest BCUT2D eigenvalue weighted by molar-refractivity contribution is 5.84. The van der Waals surface area contributed by atoms with E-state index in [1.165, 1.54) is 5.56 Å². The highest BCUT2D eigenvalue weighted by Gasteiger charge is 2.54. The molecule has 1 aliphatic heterocycles. The largest absolute Gasteiger partial charge is 0.416 e. The predicted octanol–water partition coefficient (Wildman–Crippen LogP) is 7.27. The van der Waals surface area contributed by atoms with E-state index >= 15 is 0 Å². The van der Waals surface area contributed by atoms with Crippen molar-refractivity contribution in [3.05, 3.63) is 70.8 Å². The summed E-state index contributed by atoms with van der Waals surface area (Å²) in [6.07, 6.45) is -7.58. The lowest BCUT2D eigenvalue weighted by Crippen LogP contribution is -2.61. The molecule has 208 valence electrons. The molecule has 1 N–H and O–H groups in total. The number of halogens is 6. The lowest BCUT2D eigenvalue weighted by atomic mass is 9.58. The summed E-state index contributed by atoms with van der Waals surface area (Å²) in [5.74, 6) is 0.602. The number of nitrogens with zero attached hydrogens (tertiary/aromatic N) is 1. The van der Waals surface area contributed by atoms with Gasteiger partial charge in [0.15, 0.2) is 0 Å². The van der Waals surface area contributed by atoms with Gasteiger partial charge in [0.25, 0.3) is 0 Å². The molecule has 2 aliphatic rings. The number of hydrogen-bond donors (Lipinski definition) is 1. The summed E-state index contributed by atoms with van der Waals surface area (Å²) in [4.78, 5) is 15.7. The molecule has 0 spiro atoms. The maximum atomic E-state index is 13.3. The van der Waals surface area contributed by atoms with Gasteiger partial charge in [-0.3, -0.25) is 4.79 Å². The van der Waals surface area contributed by atoms with Crippen molar-refractivity contribution in [2.24, 2.45) is 17.3 Å². The Balaban J connectivity index is 1.40. The first-order chi connectivity index (χ1) is 17.7. The molecular weight excluding hydrogens is 506 g/mol. The van der Waals surface area contributed by atoms with Crippen LogP contribution in [0, 0.1) is 17.3 Å². The van der Waals surface area contributed by atoms with Gasteiger partial charge in [-0.15, -0.1) is 0 Å². The highest BCUT2D eigenvalue weighted by Crippen LogP contribution is 2.51. The molecule has 4 rings (SSSR count). The molecular formula is C29H34F6N2O. The minimum absolute atomic E-state index is 0.0229. The average molecular weight is 541 g/mol. The third-order valence-electron chi connectivity index (χ3n) is 8.54. The minimum atomic E-state index is -4.93. The summed E-state index contributed by atoms with van der Waals surface area (Å²) in [6.45, 7) is 7.57. The Morgan fingerprint density at radius 1 is 1.00 bits per heavy atom. The molecule has 2 aromatic rings. The first-order valence-corrected chi connectivity index (χ1v) is 13.1. The van der Waals surface area contributed by atoms with E-state index in [1.807, 2.05) is 19.9 Å². The Morgan fingerprint density at radius 3 is 2.08 bits per heavy atom. The molecule has 0 aromatic heterocycles. The molecule has 2 atom stereocenters. The average Bonchev–Trinajstić information content (AvgIpc) is 2.81. The van der Waals surface area contributed by atoms with Gasteiger partial charge in [-0.25, -0.2) is 0 Å². The number of nitrogens with one attached hydrogen (secondary N) is 1. The number of rotatable bonds is 6. The Labute approximate surface area is 219 Å².